The molecule has 0 aliphatic heterocycles. The number of carboxylic acid groups (broad SMARTS) is 1. The number of carbonyl (C=O) groups is 2. The van der Waals surface area contributed by atoms with Crippen LogP contribution in [0.25, 0.3) is 0 Å². The van der Waals surface area contributed by atoms with Gasteiger partial charge in [0.05, 0.1) is 59.5 Å². The summed E-state index contributed by atoms with van der Waals surface area (Å²) in [6, 6.07) is 23.3. The maximum absolute atomic E-state index is 12.3. The molecule has 4 aromatic carbocycles. The van der Waals surface area contributed by atoms with Gasteiger partial charge in [-0.05, 0) is 100 Å². The second-order valence-corrected chi connectivity index (χ2v) is 12.8. The lowest BCUT2D eigenvalue weighted by molar-refractivity contribution is 0.0696. The normalized spacial score (nSPS) is 10.3. The van der Waals surface area contributed by atoms with Crippen molar-refractivity contribution in [3.63, 3.8) is 0 Å². The van der Waals surface area contributed by atoms with Crippen LogP contribution in [-0.2, 0) is 13.2 Å². The molecule has 0 saturated carbocycles. The van der Waals surface area contributed by atoms with Crippen LogP contribution in [0, 0.1) is 27.7 Å². The third kappa shape index (κ3) is 11.4. The lowest BCUT2D eigenvalue weighted by Gasteiger charge is -2.09. The van der Waals surface area contributed by atoms with Crippen LogP contribution in [-0.4, -0.2) is 27.3 Å². The lowest BCUT2D eigenvalue weighted by Crippen LogP contribution is -2.12. The molecule has 11 nitrogen and oxygen atoms in total. The first-order valence-corrected chi connectivity index (χ1v) is 17.2. The van der Waals surface area contributed by atoms with Crippen LogP contribution in [0.1, 0.15) is 54.8 Å². The Morgan fingerprint density at radius 2 is 1.13 bits per heavy atom. The van der Waals surface area contributed by atoms with Crippen molar-refractivity contribution < 1.29 is 33.2 Å². The predicted octanol–water partition coefficient (Wildman–Crippen LogP) is 10.6. The Hall–Kier alpha value is -5.20. The third-order valence-corrected chi connectivity index (χ3v) is 9.18. The van der Waals surface area contributed by atoms with E-state index in [4.69, 9.17) is 75.8 Å². The van der Waals surface area contributed by atoms with E-state index in [1.807, 2.05) is 27.7 Å². The first kappa shape index (κ1) is 40.6. The van der Waals surface area contributed by atoms with Crippen molar-refractivity contribution in [2.24, 2.45) is 0 Å². The molecule has 0 aliphatic rings. The minimum Gasteiger partial charge on any atom is -0.489 e. The van der Waals surface area contributed by atoms with Crippen LogP contribution in [0.5, 0.6) is 11.5 Å². The number of benzene rings is 4. The van der Waals surface area contributed by atoms with Crippen LogP contribution in [0.3, 0.4) is 0 Å². The third-order valence-electron chi connectivity index (χ3n) is 7.53. The molecule has 6 rings (SSSR count). The van der Waals surface area contributed by atoms with Gasteiger partial charge in [-0.3, -0.25) is 4.79 Å². The van der Waals surface area contributed by atoms with Crippen molar-refractivity contribution in [3.8, 4) is 11.5 Å². The van der Waals surface area contributed by atoms with Crippen molar-refractivity contribution in [1.29, 1.82) is 0 Å². The summed E-state index contributed by atoms with van der Waals surface area (Å²) in [5.41, 5.74) is 10.5. The standard InChI is InChI=1S/C19H16Cl2N2O3.C13H13NO4.C6H5Cl2N/c1-11-15(12(2)26-23-11)10-25-14-8-6-13(7-9-14)19(24)22-17-5-3-4-16(20)18(17)21;1-8-12(9(2)18-14-8)7-17-11-5-3-10(4-6-11)13(15)16;7-4-2-1-3-5(9)6(4)8/h3-9H,10H2,1-2H3,(H,22,24);3-6H,7H2,1-2H3,(H,15,16);1-3H,9H2. The minimum absolute atomic E-state index is 0.236. The van der Waals surface area contributed by atoms with Gasteiger partial charge in [0.2, 0.25) is 0 Å². The number of nitrogen functional groups attached to an aromatic ring is 1. The zero-order valence-corrected chi connectivity index (χ0v) is 31.9. The molecule has 53 heavy (non-hydrogen) atoms. The topological polar surface area (TPSA) is 163 Å². The van der Waals surface area contributed by atoms with E-state index in [1.165, 1.54) is 12.1 Å². The van der Waals surface area contributed by atoms with Gasteiger partial charge in [-0.2, -0.15) is 0 Å². The van der Waals surface area contributed by atoms with Crippen molar-refractivity contribution in [3.05, 3.63) is 150 Å². The number of hydrogen-bond donors (Lipinski definition) is 3. The van der Waals surface area contributed by atoms with Gasteiger partial charge in [0, 0.05) is 5.56 Å². The van der Waals surface area contributed by atoms with Crippen LogP contribution in [0.15, 0.2) is 94.0 Å². The Labute approximate surface area is 325 Å². The molecule has 15 heteroatoms. The van der Waals surface area contributed by atoms with Gasteiger partial charge in [-0.15, -0.1) is 0 Å². The summed E-state index contributed by atoms with van der Waals surface area (Å²) >= 11 is 23.3. The summed E-state index contributed by atoms with van der Waals surface area (Å²) in [7, 11) is 0. The van der Waals surface area contributed by atoms with Crippen molar-refractivity contribution in [2.75, 3.05) is 11.1 Å². The lowest BCUT2D eigenvalue weighted by atomic mass is 10.2. The molecule has 2 heterocycles. The number of nitrogens with zero attached hydrogens (tertiary/aromatic N) is 2. The average molecular weight is 801 g/mol. The van der Waals surface area contributed by atoms with E-state index in [1.54, 1.807) is 72.8 Å². The number of nitrogens with one attached hydrogen (secondary N) is 1. The van der Waals surface area contributed by atoms with Gasteiger partial charge >= 0.3 is 5.97 Å². The van der Waals surface area contributed by atoms with E-state index >= 15 is 0 Å². The highest BCUT2D eigenvalue weighted by Crippen LogP contribution is 2.30. The molecule has 0 atom stereocenters. The summed E-state index contributed by atoms with van der Waals surface area (Å²) < 4.78 is 21.4. The van der Waals surface area contributed by atoms with Crippen molar-refractivity contribution in [1.82, 2.24) is 10.3 Å². The largest absolute Gasteiger partial charge is 0.489 e. The number of amides is 1. The first-order valence-electron chi connectivity index (χ1n) is 15.7. The SMILES string of the molecule is Cc1noc(C)c1COc1ccc(C(=O)Nc2cccc(Cl)c2Cl)cc1.Cc1noc(C)c1COc1ccc(C(=O)O)cc1.Nc1cccc(Cl)c1Cl. The van der Waals surface area contributed by atoms with E-state index in [2.05, 4.69) is 15.6 Å². The molecular formula is C38H34Cl4N4O7. The van der Waals surface area contributed by atoms with Gasteiger partial charge in [-0.1, -0.05) is 68.8 Å². The summed E-state index contributed by atoms with van der Waals surface area (Å²) in [6.45, 7) is 8.09. The number of aromatic nitrogens is 2. The molecule has 276 valence electrons. The number of hydrogen-bond acceptors (Lipinski definition) is 9. The Kier molecular flexibility index (Phi) is 14.6. The number of carbonyl (C=O) groups excluding carboxylic acids is 1. The number of aryl methyl sites for hydroxylation is 4. The molecule has 0 bridgehead atoms. The molecule has 0 spiro atoms. The fourth-order valence-corrected chi connectivity index (χ4v) is 5.09. The fourth-order valence-electron chi connectivity index (χ4n) is 4.44. The molecule has 2 aromatic heterocycles. The molecule has 0 aliphatic carbocycles. The van der Waals surface area contributed by atoms with E-state index in [0.717, 1.165) is 34.0 Å². The number of aromatic carboxylic acids is 1. The molecule has 1 amide bonds. The minimum atomic E-state index is -0.952. The summed E-state index contributed by atoms with van der Waals surface area (Å²) in [6.07, 6.45) is 0. The van der Waals surface area contributed by atoms with E-state index in [-0.39, 0.29) is 11.5 Å². The van der Waals surface area contributed by atoms with Gasteiger partial charge < -0.3 is 34.7 Å². The van der Waals surface area contributed by atoms with Crippen LogP contribution >= 0.6 is 46.4 Å². The Morgan fingerprint density at radius 1 is 0.679 bits per heavy atom. The Morgan fingerprint density at radius 3 is 1.55 bits per heavy atom. The Bertz CT molecular complexity index is 2110. The summed E-state index contributed by atoms with van der Waals surface area (Å²) in [5, 5.41) is 20.8. The summed E-state index contributed by atoms with van der Waals surface area (Å²) in [5.74, 6) is 1.48. The molecule has 4 N–H and O–H groups in total. The second kappa shape index (κ2) is 19.0. The smallest absolute Gasteiger partial charge is 0.335 e. The van der Waals surface area contributed by atoms with Crippen LogP contribution in [0.2, 0.25) is 20.1 Å². The van der Waals surface area contributed by atoms with Gasteiger partial charge in [-0.25, -0.2) is 4.79 Å². The fraction of sp³-hybridized carbons (Fsp3) is 0.158. The highest BCUT2D eigenvalue weighted by atomic mass is 35.5. The number of nitrogens with two attached hydrogens (primary N) is 1. The van der Waals surface area contributed by atoms with Gasteiger partial charge in [0.25, 0.3) is 5.91 Å². The maximum atomic E-state index is 12.3. The highest BCUT2D eigenvalue weighted by Gasteiger charge is 2.13. The molecule has 0 radical (unpaired) electrons. The molecule has 0 saturated heterocycles. The molecular weight excluding hydrogens is 766 g/mol. The highest BCUT2D eigenvalue weighted by molar-refractivity contribution is 6.44. The number of carboxylic acids is 1. The Balaban J connectivity index is 0.000000200. The predicted molar refractivity (Wildman–Crippen MR) is 206 cm³/mol. The van der Waals surface area contributed by atoms with Crippen molar-refractivity contribution in [2.45, 2.75) is 40.9 Å². The molecule has 0 fully saturated rings. The average Bonchev–Trinajstić information content (AvgIpc) is 3.65. The zero-order valence-electron chi connectivity index (χ0n) is 28.9. The van der Waals surface area contributed by atoms with Crippen LogP contribution < -0.4 is 20.5 Å². The number of halogens is 4. The quantitative estimate of drug-likeness (QED) is 0.120. The summed E-state index contributed by atoms with van der Waals surface area (Å²) in [4.78, 5) is 23.0. The van der Waals surface area contributed by atoms with E-state index in [0.29, 0.717) is 61.7 Å². The molecule has 0 unspecified atom stereocenters. The van der Waals surface area contributed by atoms with E-state index in [9.17, 15) is 9.59 Å². The maximum Gasteiger partial charge on any atom is 0.335 e. The number of rotatable bonds is 9. The van der Waals surface area contributed by atoms with E-state index < -0.39 is 5.97 Å². The first-order chi connectivity index (χ1) is 25.2. The zero-order chi connectivity index (χ0) is 38.7. The second-order valence-electron chi connectivity index (χ2n) is 11.2. The number of anilines is 2. The van der Waals surface area contributed by atoms with Crippen LogP contribution in [0.4, 0.5) is 11.4 Å². The van der Waals surface area contributed by atoms with Gasteiger partial charge in [0.1, 0.15) is 36.2 Å². The number of ether oxygens (including phenoxy) is 2. The van der Waals surface area contributed by atoms with Crippen molar-refractivity contribution >= 4 is 69.7 Å². The monoisotopic (exact) mass is 798 g/mol. The van der Waals surface area contributed by atoms with Gasteiger partial charge in [0.15, 0.2) is 0 Å². The molecule has 6 aromatic rings.